The van der Waals surface area contributed by atoms with Crippen LogP contribution in [-0.2, 0) is 0 Å². The lowest BCUT2D eigenvalue weighted by Crippen LogP contribution is -2.18. The van der Waals surface area contributed by atoms with Crippen molar-refractivity contribution in [3.05, 3.63) is 64.1 Å². The van der Waals surface area contributed by atoms with Crippen LogP contribution in [0.15, 0.2) is 53.0 Å². The average Bonchev–Trinajstić information content (AvgIpc) is 2.45. The van der Waals surface area contributed by atoms with E-state index in [2.05, 4.69) is 22.0 Å². The molecule has 1 atom stereocenters. The molecule has 3 nitrogen and oxygen atoms in total. The Hall–Kier alpha value is -1.83. The first-order valence-corrected chi connectivity index (χ1v) is 6.64. The zero-order chi connectivity index (χ0) is 13.7. The monoisotopic (exact) mass is 316 g/mol. The van der Waals surface area contributed by atoms with Gasteiger partial charge in [0.25, 0.3) is 0 Å². The van der Waals surface area contributed by atoms with Crippen molar-refractivity contribution in [3.8, 4) is 11.8 Å². The van der Waals surface area contributed by atoms with Gasteiger partial charge in [0.2, 0.25) is 0 Å². The Kier molecular flexibility index (Phi) is 4.56. The minimum Gasteiger partial charge on any atom is -0.484 e. The second-order valence-corrected chi connectivity index (χ2v) is 4.95. The number of hydrogen-bond donors (Lipinski definition) is 1. The van der Waals surface area contributed by atoms with Crippen molar-refractivity contribution in [1.82, 2.24) is 0 Å². The number of nitrogens with two attached hydrogens (primary N) is 1. The SMILES string of the molecule is N#Cc1ccc(OC(CN)c2cccc(Br)c2)cc1. The molecular formula is C15H13BrN2O. The van der Waals surface area contributed by atoms with Crippen molar-refractivity contribution < 1.29 is 4.74 Å². The lowest BCUT2D eigenvalue weighted by Gasteiger charge is -2.18. The fraction of sp³-hybridized carbons (Fsp3) is 0.133. The molecule has 4 heteroatoms. The molecular weight excluding hydrogens is 304 g/mol. The van der Waals surface area contributed by atoms with E-state index in [0.717, 1.165) is 10.0 Å². The molecule has 2 aromatic carbocycles. The minimum atomic E-state index is -0.203. The number of nitriles is 1. The largest absolute Gasteiger partial charge is 0.484 e. The van der Waals surface area contributed by atoms with E-state index in [1.54, 1.807) is 24.3 Å². The smallest absolute Gasteiger partial charge is 0.136 e. The molecule has 0 aliphatic heterocycles. The summed E-state index contributed by atoms with van der Waals surface area (Å²) in [7, 11) is 0. The van der Waals surface area contributed by atoms with Gasteiger partial charge in [0, 0.05) is 11.0 Å². The summed E-state index contributed by atoms with van der Waals surface area (Å²) in [5, 5.41) is 8.75. The van der Waals surface area contributed by atoms with E-state index >= 15 is 0 Å². The second-order valence-electron chi connectivity index (χ2n) is 4.03. The molecule has 0 aliphatic rings. The van der Waals surface area contributed by atoms with Crippen molar-refractivity contribution >= 4 is 15.9 Å². The summed E-state index contributed by atoms with van der Waals surface area (Å²) in [6.45, 7) is 0.385. The Labute approximate surface area is 120 Å². The Morgan fingerprint density at radius 2 is 1.95 bits per heavy atom. The lowest BCUT2D eigenvalue weighted by atomic mass is 10.1. The molecule has 0 spiro atoms. The van der Waals surface area contributed by atoms with Crippen molar-refractivity contribution in [2.24, 2.45) is 5.73 Å². The zero-order valence-corrected chi connectivity index (χ0v) is 11.8. The fourth-order valence-corrected chi connectivity index (χ4v) is 2.15. The van der Waals surface area contributed by atoms with Crippen LogP contribution in [0.5, 0.6) is 5.75 Å². The highest BCUT2D eigenvalue weighted by molar-refractivity contribution is 9.10. The molecule has 2 N–H and O–H groups in total. The van der Waals surface area contributed by atoms with Crippen LogP contribution in [0, 0.1) is 11.3 Å². The van der Waals surface area contributed by atoms with Crippen molar-refractivity contribution in [2.45, 2.75) is 6.10 Å². The predicted molar refractivity (Wildman–Crippen MR) is 77.7 cm³/mol. The third kappa shape index (κ3) is 3.57. The van der Waals surface area contributed by atoms with Crippen LogP contribution in [0.1, 0.15) is 17.2 Å². The molecule has 2 aromatic rings. The van der Waals surface area contributed by atoms with Crippen LogP contribution < -0.4 is 10.5 Å². The molecule has 0 aliphatic carbocycles. The Bertz CT molecular complexity index is 590. The molecule has 0 radical (unpaired) electrons. The molecule has 19 heavy (non-hydrogen) atoms. The van der Waals surface area contributed by atoms with Crippen LogP contribution in [0.2, 0.25) is 0 Å². The first kappa shape index (κ1) is 13.6. The maximum absolute atomic E-state index is 8.75. The summed E-state index contributed by atoms with van der Waals surface area (Å²) in [6.07, 6.45) is -0.203. The quantitative estimate of drug-likeness (QED) is 0.940. The molecule has 0 fully saturated rings. The van der Waals surface area contributed by atoms with Crippen LogP contribution in [-0.4, -0.2) is 6.54 Å². The van der Waals surface area contributed by atoms with Gasteiger partial charge in [-0.05, 0) is 42.0 Å². The first-order valence-electron chi connectivity index (χ1n) is 5.85. The topological polar surface area (TPSA) is 59.0 Å². The van der Waals surface area contributed by atoms with Gasteiger partial charge < -0.3 is 10.5 Å². The maximum Gasteiger partial charge on any atom is 0.136 e. The summed E-state index contributed by atoms with van der Waals surface area (Å²) in [5.41, 5.74) is 7.39. The lowest BCUT2D eigenvalue weighted by molar-refractivity contribution is 0.214. The second kappa shape index (κ2) is 6.37. The van der Waals surface area contributed by atoms with Gasteiger partial charge in [-0.3, -0.25) is 0 Å². The van der Waals surface area contributed by atoms with Gasteiger partial charge in [-0.2, -0.15) is 5.26 Å². The molecule has 0 saturated heterocycles. The predicted octanol–water partition coefficient (Wildman–Crippen LogP) is 3.40. The van der Waals surface area contributed by atoms with Crippen LogP contribution in [0.25, 0.3) is 0 Å². The summed E-state index contributed by atoms with van der Waals surface area (Å²) >= 11 is 3.43. The molecule has 0 bridgehead atoms. The number of hydrogen-bond acceptors (Lipinski definition) is 3. The molecule has 2 rings (SSSR count). The Morgan fingerprint density at radius 1 is 1.21 bits per heavy atom. The average molecular weight is 317 g/mol. The normalized spacial score (nSPS) is 11.6. The van der Waals surface area contributed by atoms with Crippen LogP contribution in [0.4, 0.5) is 0 Å². The maximum atomic E-state index is 8.75. The van der Waals surface area contributed by atoms with Gasteiger partial charge >= 0.3 is 0 Å². The van der Waals surface area contributed by atoms with Gasteiger partial charge in [0.05, 0.1) is 11.6 Å². The Morgan fingerprint density at radius 3 is 2.53 bits per heavy atom. The minimum absolute atomic E-state index is 0.203. The van der Waals surface area contributed by atoms with E-state index < -0.39 is 0 Å². The highest BCUT2D eigenvalue weighted by Crippen LogP contribution is 2.23. The molecule has 0 heterocycles. The molecule has 1 unspecified atom stereocenters. The zero-order valence-electron chi connectivity index (χ0n) is 10.2. The first-order chi connectivity index (χ1) is 9.22. The van der Waals surface area contributed by atoms with E-state index in [1.807, 2.05) is 24.3 Å². The summed E-state index contributed by atoms with van der Waals surface area (Å²) in [6, 6.07) is 17.0. The van der Waals surface area contributed by atoms with Crippen LogP contribution in [0.3, 0.4) is 0 Å². The van der Waals surface area contributed by atoms with E-state index in [4.69, 9.17) is 15.7 Å². The van der Waals surface area contributed by atoms with Gasteiger partial charge in [0.15, 0.2) is 0 Å². The molecule has 0 aromatic heterocycles. The fourth-order valence-electron chi connectivity index (χ4n) is 1.73. The Balaban J connectivity index is 2.17. The molecule has 0 amide bonds. The number of benzene rings is 2. The number of halogens is 1. The standard InChI is InChI=1S/C15H13BrN2O/c16-13-3-1-2-12(8-13)15(10-18)19-14-6-4-11(9-17)5-7-14/h1-8,15H,10,18H2. The third-order valence-electron chi connectivity index (χ3n) is 2.70. The summed E-state index contributed by atoms with van der Waals surface area (Å²) < 4.78 is 6.84. The van der Waals surface area contributed by atoms with E-state index in [-0.39, 0.29) is 6.10 Å². The highest BCUT2D eigenvalue weighted by Gasteiger charge is 2.11. The van der Waals surface area contributed by atoms with E-state index in [1.165, 1.54) is 0 Å². The van der Waals surface area contributed by atoms with Gasteiger partial charge in [-0.15, -0.1) is 0 Å². The van der Waals surface area contributed by atoms with Crippen molar-refractivity contribution in [1.29, 1.82) is 5.26 Å². The highest BCUT2D eigenvalue weighted by atomic mass is 79.9. The summed E-state index contributed by atoms with van der Waals surface area (Å²) in [4.78, 5) is 0. The van der Waals surface area contributed by atoms with Crippen LogP contribution >= 0.6 is 15.9 Å². The molecule has 0 saturated carbocycles. The summed E-state index contributed by atoms with van der Waals surface area (Å²) in [5.74, 6) is 0.703. The van der Waals surface area contributed by atoms with Gasteiger partial charge in [0.1, 0.15) is 11.9 Å². The third-order valence-corrected chi connectivity index (χ3v) is 3.19. The van der Waals surface area contributed by atoms with Gasteiger partial charge in [-0.1, -0.05) is 28.1 Å². The number of nitrogens with zero attached hydrogens (tertiary/aromatic N) is 1. The van der Waals surface area contributed by atoms with Crippen molar-refractivity contribution in [3.63, 3.8) is 0 Å². The van der Waals surface area contributed by atoms with Crippen molar-refractivity contribution in [2.75, 3.05) is 6.54 Å². The van der Waals surface area contributed by atoms with Gasteiger partial charge in [-0.25, -0.2) is 0 Å². The van der Waals surface area contributed by atoms with E-state index in [0.29, 0.717) is 17.9 Å². The number of ether oxygens (including phenoxy) is 1. The molecule has 96 valence electrons. The van der Waals surface area contributed by atoms with E-state index in [9.17, 15) is 0 Å². The number of rotatable bonds is 4.